The van der Waals surface area contributed by atoms with E-state index < -0.39 is 16.0 Å². The summed E-state index contributed by atoms with van der Waals surface area (Å²) in [4.78, 5) is 10.5. The highest BCUT2D eigenvalue weighted by molar-refractivity contribution is 7.79. The molecule has 4 N–H and O–H groups in total. The Morgan fingerprint density at radius 1 is 1.36 bits per heavy atom. The lowest BCUT2D eigenvalue weighted by Gasteiger charge is -2.18. The van der Waals surface area contributed by atoms with Crippen LogP contribution in [0.2, 0.25) is 0 Å². The van der Waals surface area contributed by atoms with Crippen LogP contribution < -0.4 is 5.73 Å². The summed E-state index contributed by atoms with van der Waals surface area (Å²) < 4.78 is 36.4. The van der Waals surface area contributed by atoms with Crippen molar-refractivity contribution in [2.75, 3.05) is 6.54 Å². The van der Waals surface area contributed by atoms with Crippen molar-refractivity contribution in [1.29, 1.82) is 0 Å². The number of hydrogen-bond acceptors (Lipinski definition) is 5. The number of esters is 1. The first kappa shape index (κ1) is 15.8. The molecule has 0 atom stereocenters. The topological polar surface area (TPSA) is 127 Å². The number of carbonyl (C=O) groups excluding carboxylic acids is 1. The predicted octanol–water partition coefficient (Wildman–Crippen LogP) is -0.366. The molecule has 0 unspecified atom stereocenters. The third-order valence-corrected chi connectivity index (χ3v) is 0.587. The van der Waals surface area contributed by atoms with Crippen molar-refractivity contribution in [1.82, 2.24) is 0 Å². The SMILES string of the molecule is CC(C)(C)OC(=O)CN.O=S(=O)(O)O. The van der Waals surface area contributed by atoms with Crippen molar-refractivity contribution < 1.29 is 27.1 Å². The normalized spacial score (nSPS) is 11.3. The Labute approximate surface area is 82.8 Å². The molecule has 0 fully saturated rings. The molecular formula is C6H15NO6S. The molecule has 0 bridgehead atoms. The van der Waals surface area contributed by atoms with E-state index in [0.29, 0.717) is 0 Å². The van der Waals surface area contributed by atoms with Gasteiger partial charge in [0.15, 0.2) is 0 Å². The molecule has 0 amide bonds. The highest BCUT2D eigenvalue weighted by atomic mass is 32.3. The Kier molecular flexibility index (Phi) is 6.65. The van der Waals surface area contributed by atoms with Crippen molar-refractivity contribution in [3.05, 3.63) is 0 Å². The van der Waals surface area contributed by atoms with Crippen molar-refractivity contribution in [2.24, 2.45) is 5.73 Å². The van der Waals surface area contributed by atoms with E-state index in [1.807, 2.05) is 0 Å². The lowest BCUT2D eigenvalue weighted by molar-refractivity contribution is -0.152. The molecule has 8 heteroatoms. The van der Waals surface area contributed by atoms with E-state index in [-0.39, 0.29) is 12.5 Å². The van der Waals surface area contributed by atoms with Gasteiger partial charge >= 0.3 is 16.4 Å². The summed E-state index contributed by atoms with van der Waals surface area (Å²) in [6, 6.07) is 0. The number of ether oxygens (including phenoxy) is 1. The minimum atomic E-state index is -4.67. The van der Waals surface area contributed by atoms with Gasteiger partial charge in [0.2, 0.25) is 0 Å². The average Bonchev–Trinajstić information content (AvgIpc) is 1.79. The Balaban J connectivity index is 0. The largest absolute Gasteiger partial charge is 0.459 e. The van der Waals surface area contributed by atoms with E-state index in [0.717, 1.165) is 0 Å². The van der Waals surface area contributed by atoms with Crippen LogP contribution in [0.25, 0.3) is 0 Å². The van der Waals surface area contributed by atoms with E-state index in [4.69, 9.17) is 28.0 Å². The van der Waals surface area contributed by atoms with Crippen molar-refractivity contribution in [3.8, 4) is 0 Å². The fourth-order valence-corrected chi connectivity index (χ4v) is 0.383. The molecule has 86 valence electrons. The number of nitrogens with two attached hydrogens (primary N) is 1. The minimum Gasteiger partial charge on any atom is -0.459 e. The Bertz CT molecular complexity index is 257. The van der Waals surface area contributed by atoms with Crippen LogP contribution in [-0.4, -0.2) is 35.6 Å². The number of rotatable bonds is 1. The van der Waals surface area contributed by atoms with Crippen molar-refractivity contribution >= 4 is 16.4 Å². The molecule has 0 rings (SSSR count). The molecule has 0 saturated carbocycles. The second-order valence-corrected chi connectivity index (χ2v) is 4.13. The molecule has 7 nitrogen and oxygen atoms in total. The lowest BCUT2D eigenvalue weighted by Crippen LogP contribution is -2.28. The first-order chi connectivity index (χ1) is 5.95. The maximum atomic E-state index is 10.5. The van der Waals surface area contributed by atoms with Crippen molar-refractivity contribution in [3.63, 3.8) is 0 Å². The zero-order valence-corrected chi connectivity index (χ0v) is 9.04. The average molecular weight is 229 g/mol. The molecule has 0 aromatic rings. The molecule has 0 heterocycles. The minimum absolute atomic E-state index is 0.0444. The molecule has 0 saturated heterocycles. The van der Waals surface area contributed by atoms with E-state index in [1.165, 1.54) is 0 Å². The fourth-order valence-electron chi connectivity index (χ4n) is 0.383. The molecule has 0 spiro atoms. The van der Waals surface area contributed by atoms with Gasteiger partial charge < -0.3 is 10.5 Å². The summed E-state index contributed by atoms with van der Waals surface area (Å²) in [6.07, 6.45) is 0. The van der Waals surface area contributed by atoms with Gasteiger partial charge in [-0.25, -0.2) is 0 Å². The van der Waals surface area contributed by atoms with Gasteiger partial charge in [0.1, 0.15) is 5.60 Å². The summed E-state index contributed by atoms with van der Waals surface area (Å²) in [5.41, 5.74) is 4.60. The zero-order valence-electron chi connectivity index (χ0n) is 8.22. The second kappa shape index (κ2) is 5.91. The maximum Gasteiger partial charge on any atom is 0.394 e. The summed E-state index contributed by atoms with van der Waals surface area (Å²) in [6.45, 7) is 5.37. The second-order valence-electron chi connectivity index (χ2n) is 3.24. The van der Waals surface area contributed by atoms with Gasteiger partial charge in [-0.15, -0.1) is 0 Å². The van der Waals surface area contributed by atoms with Crippen LogP contribution in [0.1, 0.15) is 20.8 Å². The summed E-state index contributed by atoms with van der Waals surface area (Å²) in [7, 11) is -4.67. The first-order valence-electron chi connectivity index (χ1n) is 3.57. The van der Waals surface area contributed by atoms with Crippen LogP contribution in [0.4, 0.5) is 0 Å². The molecule has 0 aromatic heterocycles. The smallest absolute Gasteiger partial charge is 0.394 e. The van der Waals surface area contributed by atoms with Crippen molar-refractivity contribution in [2.45, 2.75) is 26.4 Å². The summed E-state index contributed by atoms with van der Waals surface area (Å²) >= 11 is 0. The highest BCUT2D eigenvalue weighted by Gasteiger charge is 2.13. The lowest BCUT2D eigenvalue weighted by atomic mass is 10.2. The van der Waals surface area contributed by atoms with Crippen LogP contribution in [0.15, 0.2) is 0 Å². The monoisotopic (exact) mass is 229 g/mol. The molecule has 0 aliphatic carbocycles. The fraction of sp³-hybridized carbons (Fsp3) is 0.833. The number of carbonyl (C=O) groups is 1. The Hall–Kier alpha value is -0.700. The zero-order chi connectivity index (χ0) is 12.0. The van der Waals surface area contributed by atoms with E-state index in [9.17, 15) is 4.79 Å². The third kappa shape index (κ3) is 30.2. The van der Waals surface area contributed by atoms with E-state index in [2.05, 4.69) is 0 Å². The maximum absolute atomic E-state index is 10.5. The van der Waals surface area contributed by atoms with E-state index in [1.54, 1.807) is 20.8 Å². The highest BCUT2D eigenvalue weighted by Crippen LogP contribution is 2.05. The quantitative estimate of drug-likeness (QED) is 0.413. The first-order valence-corrected chi connectivity index (χ1v) is 4.97. The van der Waals surface area contributed by atoms with Gasteiger partial charge in [0.05, 0.1) is 6.54 Å². The van der Waals surface area contributed by atoms with Gasteiger partial charge in [-0.1, -0.05) is 0 Å². The molecule has 0 radical (unpaired) electrons. The molecule has 0 aromatic carbocycles. The summed E-state index contributed by atoms with van der Waals surface area (Å²) in [5.74, 6) is -0.359. The van der Waals surface area contributed by atoms with E-state index >= 15 is 0 Å². The Morgan fingerprint density at radius 3 is 1.71 bits per heavy atom. The van der Waals surface area contributed by atoms with Crippen LogP contribution in [0.3, 0.4) is 0 Å². The van der Waals surface area contributed by atoms with Crippen LogP contribution in [-0.2, 0) is 19.9 Å². The molecule has 0 aliphatic rings. The van der Waals surface area contributed by atoms with Gasteiger partial charge in [-0.2, -0.15) is 8.42 Å². The standard InChI is InChI=1S/C6H13NO2.H2O4S/c1-6(2,3)9-5(8)4-7;1-5(2,3)4/h4,7H2,1-3H3;(H2,1,2,3,4). The van der Waals surface area contributed by atoms with Gasteiger partial charge in [0.25, 0.3) is 0 Å². The van der Waals surface area contributed by atoms with Gasteiger partial charge in [0, 0.05) is 0 Å². The van der Waals surface area contributed by atoms with Crippen LogP contribution in [0, 0.1) is 0 Å². The van der Waals surface area contributed by atoms with Crippen LogP contribution >= 0.6 is 0 Å². The summed E-state index contributed by atoms with van der Waals surface area (Å²) in [5, 5.41) is 0. The van der Waals surface area contributed by atoms with Gasteiger partial charge in [-0.3, -0.25) is 13.9 Å². The van der Waals surface area contributed by atoms with Gasteiger partial charge in [-0.05, 0) is 20.8 Å². The predicted molar refractivity (Wildman–Crippen MR) is 49.1 cm³/mol. The van der Waals surface area contributed by atoms with Crippen LogP contribution in [0.5, 0.6) is 0 Å². The third-order valence-electron chi connectivity index (χ3n) is 0.587. The Morgan fingerprint density at radius 2 is 1.64 bits per heavy atom. The molecule has 0 aliphatic heterocycles. The molecule has 14 heavy (non-hydrogen) atoms. The number of hydrogen-bond donors (Lipinski definition) is 3. The molecular weight excluding hydrogens is 214 g/mol.